The molecule has 1 N–H and O–H groups in total. The normalized spacial score (nSPS) is 17.6. The zero-order chi connectivity index (χ0) is 17.5. The molecule has 1 aliphatic heterocycles. The van der Waals surface area contributed by atoms with E-state index in [1.54, 1.807) is 26.0 Å². The second kappa shape index (κ2) is 6.50. The van der Waals surface area contributed by atoms with E-state index in [9.17, 15) is 12.8 Å². The minimum absolute atomic E-state index is 0.288. The predicted molar refractivity (Wildman–Crippen MR) is 95.5 cm³/mol. The molecule has 0 bridgehead atoms. The maximum absolute atomic E-state index is 14.0. The third-order valence-electron chi connectivity index (χ3n) is 4.20. The van der Waals surface area contributed by atoms with Crippen LogP contribution in [0.4, 0.5) is 4.39 Å². The molecule has 0 aliphatic carbocycles. The van der Waals surface area contributed by atoms with Crippen molar-refractivity contribution in [3.63, 3.8) is 0 Å². The van der Waals surface area contributed by atoms with E-state index in [-0.39, 0.29) is 5.82 Å². The molecule has 0 aromatic heterocycles. The van der Waals surface area contributed by atoms with Gasteiger partial charge in [-0.25, -0.2) is 17.5 Å². The van der Waals surface area contributed by atoms with Crippen molar-refractivity contribution in [3.8, 4) is 0 Å². The van der Waals surface area contributed by atoms with Gasteiger partial charge in [-0.1, -0.05) is 29.8 Å². The Morgan fingerprint density at radius 1 is 1.17 bits per heavy atom. The highest BCUT2D eigenvalue weighted by Crippen LogP contribution is 2.38. The number of benzene rings is 2. The molecule has 3 rings (SSSR count). The Morgan fingerprint density at radius 3 is 2.50 bits per heavy atom. The van der Waals surface area contributed by atoms with Crippen molar-refractivity contribution < 1.29 is 12.8 Å². The van der Waals surface area contributed by atoms with Crippen LogP contribution in [0.5, 0.6) is 0 Å². The van der Waals surface area contributed by atoms with Gasteiger partial charge in [0, 0.05) is 10.9 Å². The van der Waals surface area contributed by atoms with E-state index >= 15 is 0 Å². The number of sulfonamides is 1. The van der Waals surface area contributed by atoms with Crippen LogP contribution in [-0.2, 0) is 10.0 Å². The van der Waals surface area contributed by atoms with Crippen molar-refractivity contribution in [2.75, 3.05) is 5.75 Å². The third kappa shape index (κ3) is 3.23. The summed E-state index contributed by atoms with van der Waals surface area (Å²) >= 11 is 1.44. The SMILES string of the molecule is Cc1cc(C)c(S(=O)(=O)N[C@H]2CCSc3c(F)cccc32)c(C)c1. The van der Waals surface area contributed by atoms with Gasteiger partial charge in [0.05, 0.1) is 4.90 Å². The number of fused-ring (bicyclic) bond motifs is 1. The predicted octanol–water partition coefficient (Wildman–Crippen LogP) is 4.27. The van der Waals surface area contributed by atoms with Gasteiger partial charge in [0.15, 0.2) is 0 Å². The van der Waals surface area contributed by atoms with Crippen LogP contribution in [0.3, 0.4) is 0 Å². The lowest BCUT2D eigenvalue weighted by molar-refractivity contribution is 0.532. The van der Waals surface area contributed by atoms with Crippen LogP contribution in [0.15, 0.2) is 40.1 Å². The molecule has 3 nitrogen and oxygen atoms in total. The average molecular weight is 365 g/mol. The first-order valence-electron chi connectivity index (χ1n) is 7.81. The van der Waals surface area contributed by atoms with E-state index < -0.39 is 16.1 Å². The molecular formula is C18H20FNO2S2. The molecule has 0 unspecified atom stereocenters. The van der Waals surface area contributed by atoms with Gasteiger partial charge in [-0.2, -0.15) is 0 Å². The molecule has 2 aromatic rings. The van der Waals surface area contributed by atoms with E-state index in [0.717, 1.165) is 22.3 Å². The van der Waals surface area contributed by atoms with Crippen molar-refractivity contribution in [1.29, 1.82) is 0 Å². The van der Waals surface area contributed by atoms with Gasteiger partial charge < -0.3 is 0 Å². The Hall–Kier alpha value is -1.37. The van der Waals surface area contributed by atoms with Gasteiger partial charge in [0.2, 0.25) is 10.0 Å². The van der Waals surface area contributed by atoms with E-state index in [1.165, 1.54) is 17.8 Å². The average Bonchev–Trinajstić information content (AvgIpc) is 2.46. The monoisotopic (exact) mass is 365 g/mol. The van der Waals surface area contributed by atoms with Gasteiger partial charge in [-0.05, 0) is 55.7 Å². The van der Waals surface area contributed by atoms with E-state index in [0.29, 0.717) is 22.0 Å². The van der Waals surface area contributed by atoms with Crippen molar-refractivity contribution in [1.82, 2.24) is 4.72 Å². The second-order valence-corrected chi connectivity index (χ2v) is 8.95. The van der Waals surface area contributed by atoms with Crippen molar-refractivity contribution >= 4 is 21.8 Å². The molecule has 0 fully saturated rings. The maximum Gasteiger partial charge on any atom is 0.241 e. The van der Waals surface area contributed by atoms with Crippen LogP contribution in [0.1, 0.15) is 34.7 Å². The zero-order valence-corrected chi connectivity index (χ0v) is 15.5. The Bertz CT molecular complexity index is 871. The lowest BCUT2D eigenvalue weighted by Crippen LogP contribution is -2.32. The van der Waals surface area contributed by atoms with Gasteiger partial charge in [-0.15, -0.1) is 11.8 Å². The highest BCUT2D eigenvalue weighted by Gasteiger charge is 2.29. The summed E-state index contributed by atoms with van der Waals surface area (Å²) in [6, 6.07) is 8.17. The van der Waals surface area contributed by atoms with Crippen LogP contribution in [0.25, 0.3) is 0 Å². The number of rotatable bonds is 3. The van der Waals surface area contributed by atoms with Crippen molar-refractivity contribution in [2.24, 2.45) is 0 Å². The lowest BCUT2D eigenvalue weighted by Gasteiger charge is -2.26. The molecule has 2 aromatic carbocycles. The second-order valence-electron chi connectivity index (χ2n) is 6.20. The largest absolute Gasteiger partial charge is 0.241 e. The minimum Gasteiger partial charge on any atom is -0.207 e. The number of thioether (sulfide) groups is 1. The van der Waals surface area contributed by atoms with Gasteiger partial charge in [-0.3, -0.25) is 0 Å². The maximum atomic E-state index is 14.0. The lowest BCUT2D eigenvalue weighted by atomic mass is 10.0. The number of aryl methyl sites for hydroxylation is 3. The number of nitrogens with one attached hydrogen (secondary N) is 1. The number of halogens is 1. The Labute approximate surface area is 146 Å². The molecule has 1 atom stereocenters. The third-order valence-corrected chi connectivity index (χ3v) is 7.13. The molecule has 128 valence electrons. The Morgan fingerprint density at radius 2 is 1.83 bits per heavy atom. The smallest absolute Gasteiger partial charge is 0.207 e. The van der Waals surface area contributed by atoms with Gasteiger partial charge in [0.25, 0.3) is 0 Å². The molecule has 0 radical (unpaired) electrons. The summed E-state index contributed by atoms with van der Waals surface area (Å²) in [5, 5.41) is 0. The molecule has 6 heteroatoms. The Balaban J connectivity index is 2.00. The van der Waals surface area contributed by atoms with Crippen LogP contribution < -0.4 is 4.72 Å². The highest BCUT2D eigenvalue weighted by molar-refractivity contribution is 7.99. The first-order chi connectivity index (χ1) is 11.3. The summed E-state index contributed by atoms with van der Waals surface area (Å²) < 4.78 is 42.6. The molecule has 24 heavy (non-hydrogen) atoms. The summed E-state index contributed by atoms with van der Waals surface area (Å²) in [5.74, 6) is 0.400. The summed E-state index contributed by atoms with van der Waals surface area (Å²) in [6.45, 7) is 5.55. The number of hydrogen-bond acceptors (Lipinski definition) is 3. The van der Waals surface area contributed by atoms with Gasteiger partial charge in [0.1, 0.15) is 5.82 Å². The summed E-state index contributed by atoms with van der Waals surface area (Å²) in [5.41, 5.74) is 3.21. The van der Waals surface area contributed by atoms with Crippen LogP contribution in [-0.4, -0.2) is 14.2 Å². The molecule has 0 amide bonds. The van der Waals surface area contributed by atoms with E-state index in [4.69, 9.17) is 0 Å². The minimum atomic E-state index is -3.68. The molecule has 0 saturated heterocycles. The first kappa shape index (κ1) is 17.5. The quantitative estimate of drug-likeness (QED) is 0.884. The van der Waals surface area contributed by atoms with Crippen LogP contribution in [0, 0.1) is 26.6 Å². The molecule has 0 saturated carbocycles. The molecular weight excluding hydrogens is 345 g/mol. The fraction of sp³-hybridized carbons (Fsp3) is 0.333. The summed E-state index contributed by atoms with van der Waals surface area (Å²) in [7, 11) is -3.68. The van der Waals surface area contributed by atoms with Crippen molar-refractivity contribution in [3.05, 3.63) is 58.4 Å². The van der Waals surface area contributed by atoms with Crippen LogP contribution in [0.2, 0.25) is 0 Å². The zero-order valence-electron chi connectivity index (χ0n) is 13.9. The molecule has 1 aliphatic rings. The summed E-state index contributed by atoms with van der Waals surface area (Å²) in [6.07, 6.45) is 0.643. The van der Waals surface area contributed by atoms with Crippen LogP contribution >= 0.6 is 11.8 Å². The topological polar surface area (TPSA) is 46.2 Å². The molecule has 1 heterocycles. The number of hydrogen-bond donors (Lipinski definition) is 1. The standard InChI is InChI=1S/C18H20FNO2S2/c1-11-9-12(2)18(13(3)10-11)24(21,22)20-16-7-8-23-17-14(16)5-4-6-15(17)19/h4-6,9-10,16,20H,7-8H2,1-3H3/t16-/m0/s1. The fourth-order valence-corrected chi connectivity index (χ4v) is 6.19. The van der Waals surface area contributed by atoms with Crippen molar-refractivity contribution in [2.45, 2.75) is 43.0 Å². The fourth-order valence-electron chi connectivity index (χ4n) is 3.35. The summed E-state index contributed by atoms with van der Waals surface area (Å²) in [4.78, 5) is 0.873. The highest BCUT2D eigenvalue weighted by atomic mass is 32.2. The molecule has 0 spiro atoms. The van der Waals surface area contributed by atoms with E-state index in [1.807, 2.05) is 19.1 Å². The van der Waals surface area contributed by atoms with E-state index in [2.05, 4.69) is 4.72 Å². The Kier molecular flexibility index (Phi) is 4.73. The first-order valence-corrected chi connectivity index (χ1v) is 10.3. The van der Waals surface area contributed by atoms with Gasteiger partial charge >= 0.3 is 0 Å².